The molecule has 3 aliphatic rings. The van der Waals surface area contributed by atoms with Crippen LogP contribution in [0.2, 0.25) is 0 Å². The summed E-state index contributed by atoms with van der Waals surface area (Å²) in [6, 6.07) is 0. The summed E-state index contributed by atoms with van der Waals surface area (Å²) in [5.41, 5.74) is 6.02. The maximum Gasteiger partial charge on any atom is 0.573 e. The largest absolute Gasteiger partial charge is 0.573 e. The Morgan fingerprint density at radius 2 is 2.07 bits per heavy atom. The van der Waals surface area contributed by atoms with E-state index in [-0.39, 0.29) is 5.92 Å². The van der Waals surface area contributed by atoms with Crippen molar-refractivity contribution in [1.82, 2.24) is 4.90 Å². The fourth-order valence-electron chi connectivity index (χ4n) is 3.11. The molecule has 3 rings (SSSR count). The van der Waals surface area contributed by atoms with Gasteiger partial charge >= 0.3 is 6.36 Å². The molecule has 0 aromatic heterocycles. The average Bonchev–Trinajstić information content (AvgIpc) is 2.61. The number of alkyl halides is 4. The third-order valence-corrected chi connectivity index (χ3v) is 4.45. The lowest BCUT2D eigenvalue weighted by molar-refractivity contribution is -0.303. The first-order valence-corrected chi connectivity index (χ1v) is 8.32. The van der Waals surface area contributed by atoms with Crippen LogP contribution in [0, 0.1) is 23.7 Å². The number of hydrogen-bond donors (Lipinski definition) is 1. The molecule has 2 N–H and O–H groups in total. The van der Waals surface area contributed by atoms with Gasteiger partial charge in [0.25, 0.3) is 0 Å². The molecule has 0 bridgehead atoms. The van der Waals surface area contributed by atoms with Crippen LogP contribution in [-0.2, 0) is 14.4 Å². The van der Waals surface area contributed by atoms with E-state index in [1.165, 1.54) is 4.90 Å². The SMILES string of the molecule is NC1C#CC(C2CCN(C(=O)C3C=CC(OC(F)(F)F)=CC3F)CC2)=NO1. The zero-order chi connectivity index (χ0) is 19.6. The molecule has 0 saturated carbocycles. The minimum absolute atomic E-state index is 0.0174. The number of halogens is 4. The number of hydrogen-bond acceptors (Lipinski definition) is 5. The first-order chi connectivity index (χ1) is 12.7. The highest BCUT2D eigenvalue weighted by Crippen LogP contribution is 2.29. The van der Waals surface area contributed by atoms with Gasteiger partial charge in [0, 0.05) is 19.0 Å². The van der Waals surface area contributed by atoms with Crippen LogP contribution >= 0.6 is 0 Å². The van der Waals surface area contributed by atoms with Crippen LogP contribution in [0.4, 0.5) is 17.6 Å². The van der Waals surface area contributed by atoms with Crippen molar-refractivity contribution in [3.05, 3.63) is 24.0 Å². The number of ether oxygens (including phenoxy) is 1. The maximum absolute atomic E-state index is 14.2. The quantitative estimate of drug-likeness (QED) is 0.592. The number of rotatable bonds is 3. The highest BCUT2D eigenvalue weighted by molar-refractivity contribution is 6.02. The van der Waals surface area contributed by atoms with Gasteiger partial charge in [-0.3, -0.25) is 10.5 Å². The fraction of sp³-hybridized carbons (Fsp3) is 0.529. The van der Waals surface area contributed by atoms with E-state index in [4.69, 9.17) is 10.6 Å². The number of allylic oxidation sites excluding steroid dienone is 2. The molecule has 1 fully saturated rings. The Morgan fingerprint density at radius 3 is 2.63 bits per heavy atom. The zero-order valence-corrected chi connectivity index (χ0v) is 14.1. The van der Waals surface area contributed by atoms with Crippen molar-refractivity contribution in [2.75, 3.05) is 13.1 Å². The van der Waals surface area contributed by atoms with Crippen molar-refractivity contribution in [3.8, 4) is 11.8 Å². The molecular weight excluding hydrogens is 370 g/mol. The van der Waals surface area contributed by atoms with Crippen LogP contribution in [0.3, 0.4) is 0 Å². The normalized spacial score (nSPS) is 28.5. The Balaban J connectivity index is 1.55. The van der Waals surface area contributed by atoms with Gasteiger partial charge in [0.05, 0.1) is 5.92 Å². The molecule has 2 aliphatic heterocycles. The number of carbonyl (C=O) groups is 1. The lowest BCUT2D eigenvalue weighted by Crippen LogP contribution is -2.45. The zero-order valence-electron chi connectivity index (χ0n) is 14.1. The van der Waals surface area contributed by atoms with Crippen molar-refractivity contribution in [3.63, 3.8) is 0 Å². The number of oxime groups is 1. The predicted molar refractivity (Wildman–Crippen MR) is 86.3 cm³/mol. The van der Waals surface area contributed by atoms with Crippen LogP contribution in [0.25, 0.3) is 0 Å². The summed E-state index contributed by atoms with van der Waals surface area (Å²) in [6.45, 7) is 0.728. The second-order valence-corrected chi connectivity index (χ2v) is 6.32. The topological polar surface area (TPSA) is 77.2 Å². The van der Waals surface area contributed by atoms with Gasteiger partial charge in [-0.05, 0) is 36.8 Å². The summed E-state index contributed by atoms with van der Waals surface area (Å²) < 4.78 is 54.5. The van der Waals surface area contributed by atoms with Crippen LogP contribution in [0.15, 0.2) is 29.1 Å². The molecule has 1 aliphatic carbocycles. The monoisotopic (exact) mass is 387 g/mol. The van der Waals surface area contributed by atoms with Crippen LogP contribution in [-0.4, -0.2) is 48.4 Å². The van der Waals surface area contributed by atoms with Gasteiger partial charge in [-0.2, -0.15) is 0 Å². The number of likely N-dealkylation sites (tertiary alicyclic amines) is 1. The van der Waals surface area contributed by atoms with Crippen molar-refractivity contribution >= 4 is 11.6 Å². The minimum Gasteiger partial charge on any atom is -0.406 e. The Bertz CT molecular complexity index is 743. The number of amides is 1. The molecule has 27 heavy (non-hydrogen) atoms. The highest BCUT2D eigenvalue weighted by Gasteiger charge is 2.37. The first-order valence-electron chi connectivity index (χ1n) is 8.32. The van der Waals surface area contributed by atoms with Gasteiger partial charge in [-0.25, -0.2) is 4.39 Å². The lowest BCUT2D eigenvalue weighted by Gasteiger charge is -2.34. The predicted octanol–water partition coefficient (Wildman–Crippen LogP) is 1.84. The average molecular weight is 387 g/mol. The van der Waals surface area contributed by atoms with E-state index in [0.717, 1.165) is 12.2 Å². The van der Waals surface area contributed by atoms with E-state index < -0.39 is 36.3 Å². The molecule has 6 nitrogen and oxygen atoms in total. The molecular formula is C17H17F4N3O3. The summed E-state index contributed by atoms with van der Waals surface area (Å²) >= 11 is 0. The molecule has 146 valence electrons. The summed E-state index contributed by atoms with van der Waals surface area (Å²) in [5, 5.41) is 3.87. The van der Waals surface area contributed by atoms with Crippen LogP contribution < -0.4 is 5.73 Å². The van der Waals surface area contributed by atoms with E-state index in [0.29, 0.717) is 37.7 Å². The van der Waals surface area contributed by atoms with Crippen molar-refractivity contribution in [2.24, 2.45) is 22.7 Å². The number of nitrogens with zero attached hydrogens (tertiary/aromatic N) is 2. The maximum atomic E-state index is 14.2. The minimum atomic E-state index is -4.91. The van der Waals surface area contributed by atoms with E-state index >= 15 is 0 Å². The van der Waals surface area contributed by atoms with E-state index in [2.05, 4.69) is 21.7 Å². The summed E-state index contributed by atoms with van der Waals surface area (Å²) in [6.07, 6.45) is -3.66. The van der Waals surface area contributed by atoms with Gasteiger partial charge < -0.3 is 14.5 Å². The van der Waals surface area contributed by atoms with Crippen LogP contribution in [0.1, 0.15) is 12.8 Å². The van der Waals surface area contributed by atoms with E-state index in [1.807, 2.05) is 0 Å². The van der Waals surface area contributed by atoms with Gasteiger partial charge in [-0.1, -0.05) is 11.2 Å². The fourth-order valence-corrected chi connectivity index (χ4v) is 3.11. The Kier molecular flexibility index (Phi) is 5.41. The molecule has 0 spiro atoms. The lowest BCUT2D eigenvalue weighted by atomic mass is 9.90. The van der Waals surface area contributed by atoms with Gasteiger partial charge in [-0.15, -0.1) is 13.2 Å². The smallest absolute Gasteiger partial charge is 0.406 e. The van der Waals surface area contributed by atoms with Crippen molar-refractivity contribution in [1.29, 1.82) is 0 Å². The molecule has 0 radical (unpaired) electrons. The van der Waals surface area contributed by atoms with Gasteiger partial charge in [0.1, 0.15) is 17.6 Å². The Morgan fingerprint density at radius 1 is 1.37 bits per heavy atom. The van der Waals surface area contributed by atoms with Gasteiger partial charge in [0.2, 0.25) is 12.1 Å². The third-order valence-electron chi connectivity index (χ3n) is 4.45. The number of carbonyl (C=O) groups excluding carboxylic acids is 1. The van der Waals surface area contributed by atoms with Gasteiger partial charge in [0.15, 0.2) is 0 Å². The Labute approximate surface area is 152 Å². The second kappa shape index (κ2) is 7.60. The molecule has 10 heteroatoms. The molecule has 1 saturated heterocycles. The molecule has 1 amide bonds. The van der Waals surface area contributed by atoms with E-state index in [9.17, 15) is 22.4 Å². The first kappa shape index (κ1) is 19.2. The van der Waals surface area contributed by atoms with Crippen molar-refractivity contribution in [2.45, 2.75) is 31.6 Å². The number of nitrogens with two attached hydrogens (primary N) is 1. The summed E-state index contributed by atoms with van der Waals surface area (Å²) in [4.78, 5) is 18.9. The third kappa shape index (κ3) is 4.80. The molecule has 2 heterocycles. The summed E-state index contributed by atoms with van der Waals surface area (Å²) in [5.74, 6) is 3.22. The Hall–Kier alpha value is -2.54. The second-order valence-electron chi connectivity index (χ2n) is 6.32. The van der Waals surface area contributed by atoms with E-state index in [1.54, 1.807) is 0 Å². The van der Waals surface area contributed by atoms with Crippen molar-refractivity contribution < 1.29 is 31.9 Å². The standard InChI is InChI=1S/C17H17F4N3O3/c18-13-9-11(26-17(19,20)21)1-2-12(13)16(25)24-7-5-10(6-8-24)14-3-4-15(22)27-23-14/h1-2,9-10,12-13,15H,5-8,22H2. The molecule has 0 aromatic rings. The highest BCUT2D eigenvalue weighted by atomic mass is 19.4. The summed E-state index contributed by atoms with van der Waals surface area (Å²) in [7, 11) is 0. The van der Waals surface area contributed by atoms with Crippen LogP contribution in [0.5, 0.6) is 0 Å². The molecule has 0 aromatic carbocycles. The molecule has 3 atom stereocenters. The number of piperidine rings is 1. The molecule has 3 unspecified atom stereocenters.